The Hall–Kier alpha value is -1.78. The summed E-state index contributed by atoms with van der Waals surface area (Å²) in [4.78, 5) is 0. The van der Waals surface area contributed by atoms with Crippen molar-refractivity contribution in [1.29, 1.82) is 0 Å². The quantitative estimate of drug-likeness (QED) is 0.769. The molecule has 2 rings (SSSR count). The number of alkyl halides is 3. The van der Waals surface area contributed by atoms with Gasteiger partial charge in [0.2, 0.25) is 0 Å². The molecule has 0 spiro atoms. The van der Waals surface area contributed by atoms with Crippen molar-refractivity contribution in [3.63, 3.8) is 0 Å². The third-order valence-electron chi connectivity index (χ3n) is 2.55. The number of hydrogen-bond donors (Lipinski definition) is 0. The Morgan fingerprint density at radius 1 is 1.05 bits per heavy atom. The van der Waals surface area contributed by atoms with Crippen LogP contribution in [0.3, 0.4) is 0 Å². The highest BCUT2D eigenvalue weighted by atomic mass is 19.4. The van der Waals surface area contributed by atoms with Crippen molar-refractivity contribution in [2.75, 3.05) is 0 Å². The topological polar surface area (TPSA) is 17.8 Å². The van der Waals surface area contributed by atoms with Crippen LogP contribution >= 0.6 is 0 Å². The zero-order valence-corrected chi connectivity index (χ0v) is 12.1. The van der Waals surface area contributed by atoms with Gasteiger partial charge in [-0.1, -0.05) is 26.0 Å². The number of aromatic nitrogens is 2. The molecule has 0 aliphatic heterocycles. The number of benzene rings is 1. The first-order valence-corrected chi connectivity index (χ1v) is 6.36. The molecule has 0 atom stereocenters. The molecule has 1 aromatic heterocycles. The maximum Gasteiger partial charge on any atom is 0.386 e. The minimum atomic E-state index is -4.00. The molecule has 20 heavy (non-hydrogen) atoms. The van der Waals surface area contributed by atoms with E-state index in [4.69, 9.17) is 0 Å². The van der Waals surface area contributed by atoms with Crippen LogP contribution in [-0.2, 0) is 0 Å². The summed E-state index contributed by atoms with van der Waals surface area (Å²) < 4.78 is 33.0. The Balaban J connectivity index is 0.000000347. The van der Waals surface area contributed by atoms with E-state index in [0.717, 1.165) is 11.4 Å². The lowest BCUT2D eigenvalue weighted by Gasteiger charge is -2.06. The Labute approximate surface area is 117 Å². The standard InChI is InChI=1S/C13H16N2.C2H3F3/c1-10(2)12-4-6-13(7-5-12)15-9-8-11(3)14-15;1-2(3,4)5/h4-10H,1-3H3;1H3. The van der Waals surface area contributed by atoms with E-state index >= 15 is 0 Å². The summed E-state index contributed by atoms with van der Waals surface area (Å²) in [6.07, 6.45) is -2.01. The second-order valence-corrected chi connectivity index (χ2v) is 4.93. The highest BCUT2D eigenvalue weighted by Crippen LogP contribution is 2.16. The second kappa shape index (κ2) is 6.59. The molecular weight excluding hydrogens is 265 g/mol. The van der Waals surface area contributed by atoms with Crippen molar-refractivity contribution in [1.82, 2.24) is 9.78 Å². The molecule has 0 fully saturated rings. The fourth-order valence-electron chi connectivity index (χ4n) is 1.57. The Kier molecular flexibility index (Phi) is 5.36. The van der Waals surface area contributed by atoms with Crippen LogP contribution in [0, 0.1) is 6.92 Å². The van der Waals surface area contributed by atoms with Gasteiger partial charge in [-0.15, -0.1) is 0 Å². The number of rotatable bonds is 2. The SMILES string of the molecule is CC(F)(F)F.Cc1ccn(-c2ccc(C(C)C)cc2)n1. The number of hydrogen-bond acceptors (Lipinski definition) is 1. The number of nitrogens with zero attached hydrogens (tertiary/aromatic N) is 2. The fraction of sp³-hybridized carbons (Fsp3) is 0.400. The van der Waals surface area contributed by atoms with Gasteiger partial charge in [-0.25, -0.2) is 4.68 Å². The van der Waals surface area contributed by atoms with Crippen LogP contribution in [-0.4, -0.2) is 16.0 Å². The summed E-state index contributed by atoms with van der Waals surface area (Å²) in [5, 5.41) is 4.37. The first-order chi connectivity index (χ1) is 9.16. The average molecular weight is 284 g/mol. The maximum atomic E-state index is 10.4. The average Bonchev–Trinajstić information content (AvgIpc) is 2.74. The fourth-order valence-corrected chi connectivity index (χ4v) is 1.57. The van der Waals surface area contributed by atoms with Gasteiger partial charge in [0.05, 0.1) is 11.4 Å². The third-order valence-corrected chi connectivity index (χ3v) is 2.55. The highest BCUT2D eigenvalue weighted by Gasteiger charge is 2.15. The van der Waals surface area contributed by atoms with Crippen LogP contribution in [0.4, 0.5) is 13.2 Å². The molecule has 0 N–H and O–H groups in total. The van der Waals surface area contributed by atoms with E-state index in [0.29, 0.717) is 5.92 Å². The second-order valence-electron chi connectivity index (χ2n) is 4.93. The third kappa shape index (κ3) is 5.91. The van der Waals surface area contributed by atoms with Gasteiger partial charge in [0.25, 0.3) is 0 Å². The molecule has 0 bridgehead atoms. The van der Waals surface area contributed by atoms with E-state index in [1.54, 1.807) is 0 Å². The molecular formula is C15H19F3N2. The zero-order valence-electron chi connectivity index (χ0n) is 12.1. The summed E-state index contributed by atoms with van der Waals surface area (Å²) in [5.41, 5.74) is 3.53. The molecule has 0 aliphatic carbocycles. The summed E-state index contributed by atoms with van der Waals surface area (Å²) in [6, 6.07) is 10.6. The molecule has 0 radical (unpaired) electrons. The van der Waals surface area contributed by atoms with Crippen molar-refractivity contribution < 1.29 is 13.2 Å². The van der Waals surface area contributed by atoms with Gasteiger partial charge in [0.15, 0.2) is 0 Å². The monoisotopic (exact) mass is 284 g/mol. The summed E-state index contributed by atoms with van der Waals surface area (Å²) in [6.45, 7) is 6.59. The van der Waals surface area contributed by atoms with E-state index in [1.165, 1.54) is 5.56 Å². The van der Waals surface area contributed by atoms with Crippen LogP contribution in [0.2, 0.25) is 0 Å². The molecule has 2 nitrogen and oxygen atoms in total. The van der Waals surface area contributed by atoms with Gasteiger partial charge in [-0.05, 0) is 36.6 Å². The lowest BCUT2D eigenvalue weighted by molar-refractivity contribution is -0.110. The van der Waals surface area contributed by atoms with E-state index in [2.05, 4.69) is 43.2 Å². The van der Waals surface area contributed by atoms with Gasteiger partial charge in [-0.2, -0.15) is 18.3 Å². The van der Waals surface area contributed by atoms with Crippen molar-refractivity contribution in [2.24, 2.45) is 0 Å². The van der Waals surface area contributed by atoms with E-state index in [1.807, 2.05) is 23.9 Å². The molecule has 0 unspecified atom stereocenters. The van der Waals surface area contributed by atoms with Crippen LogP contribution in [0.25, 0.3) is 5.69 Å². The molecule has 0 saturated carbocycles. The Bertz CT molecular complexity index is 519. The van der Waals surface area contributed by atoms with Gasteiger partial charge in [-0.3, -0.25) is 0 Å². The summed E-state index contributed by atoms with van der Waals surface area (Å²) in [5.74, 6) is 0.582. The number of halogens is 3. The molecule has 1 heterocycles. The Morgan fingerprint density at radius 3 is 1.90 bits per heavy atom. The molecule has 0 amide bonds. The van der Waals surface area contributed by atoms with Gasteiger partial charge in [0.1, 0.15) is 0 Å². The van der Waals surface area contributed by atoms with Crippen LogP contribution < -0.4 is 0 Å². The highest BCUT2D eigenvalue weighted by molar-refractivity contribution is 5.35. The van der Waals surface area contributed by atoms with E-state index in [-0.39, 0.29) is 6.92 Å². The van der Waals surface area contributed by atoms with Gasteiger partial charge >= 0.3 is 6.18 Å². The molecule has 2 aromatic rings. The zero-order chi connectivity index (χ0) is 15.3. The first kappa shape index (κ1) is 16.3. The molecule has 110 valence electrons. The predicted octanol–water partition coefficient (Wildman–Crippen LogP) is 4.87. The summed E-state index contributed by atoms with van der Waals surface area (Å²) in [7, 11) is 0. The summed E-state index contributed by atoms with van der Waals surface area (Å²) >= 11 is 0. The normalized spacial score (nSPS) is 11.2. The van der Waals surface area contributed by atoms with Crippen LogP contribution in [0.15, 0.2) is 36.5 Å². The minimum Gasteiger partial charge on any atom is -0.241 e. The van der Waals surface area contributed by atoms with Crippen molar-refractivity contribution in [3.05, 3.63) is 47.8 Å². The molecule has 5 heteroatoms. The Morgan fingerprint density at radius 2 is 1.55 bits per heavy atom. The molecule has 1 aromatic carbocycles. The van der Waals surface area contributed by atoms with E-state index in [9.17, 15) is 13.2 Å². The molecule has 0 saturated heterocycles. The van der Waals surface area contributed by atoms with Crippen LogP contribution in [0.5, 0.6) is 0 Å². The predicted molar refractivity (Wildman–Crippen MR) is 74.1 cm³/mol. The maximum absolute atomic E-state index is 10.4. The van der Waals surface area contributed by atoms with Gasteiger partial charge < -0.3 is 0 Å². The van der Waals surface area contributed by atoms with Crippen LogP contribution in [0.1, 0.15) is 37.9 Å². The molecule has 0 aliphatic rings. The van der Waals surface area contributed by atoms with Crippen molar-refractivity contribution in [2.45, 2.75) is 39.8 Å². The number of aryl methyl sites for hydroxylation is 1. The minimum absolute atomic E-state index is 0.188. The first-order valence-electron chi connectivity index (χ1n) is 6.36. The lowest BCUT2D eigenvalue weighted by Crippen LogP contribution is -1.95. The lowest BCUT2D eigenvalue weighted by atomic mass is 10.0. The van der Waals surface area contributed by atoms with Gasteiger partial charge in [0, 0.05) is 13.1 Å². The largest absolute Gasteiger partial charge is 0.386 e. The van der Waals surface area contributed by atoms with E-state index < -0.39 is 6.18 Å². The smallest absolute Gasteiger partial charge is 0.241 e. The van der Waals surface area contributed by atoms with Crippen molar-refractivity contribution >= 4 is 0 Å². The van der Waals surface area contributed by atoms with Crippen molar-refractivity contribution in [3.8, 4) is 5.69 Å².